The fraction of sp³-hybridized carbons (Fsp3) is 0.136. The van der Waals surface area contributed by atoms with Crippen molar-refractivity contribution >= 4 is 6.29 Å². The maximum atomic E-state index is 10.5. The number of hydrogen-bond acceptors (Lipinski definition) is 3. The molecule has 1 radical (unpaired) electrons. The van der Waals surface area contributed by atoms with E-state index in [1.54, 1.807) is 12.1 Å². The van der Waals surface area contributed by atoms with Crippen LogP contribution in [0.2, 0.25) is 0 Å². The molecule has 0 aliphatic heterocycles. The molecule has 3 rings (SSSR count). The summed E-state index contributed by atoms with van der Waals surface area (Å²) in [4.78, 5) is 10.5. The molecular formula is C22H18NO2. The van der Waals surface area contributed by atoms with Gasteiger partial charge in [-0.1, -0.05) is 24.0 Å². The molecule has 0 unspecified atom stereocenters. The monoisotopic (exact) mass is 328 g/mol. The van der Waals surface area contributed by atoms with Crippen molar-refractivity contribution in [2.75, 3.05) is 0 Å². The molecule has 0 aliphatic rings. The van der Waals surface area contributed by atoms with Gasteiger partial charge in [-0.25, -0.2) is 0 Å². The first-order valence-electron chi connectivity index (χ1n) is 8.08. The molecule has 3 aromatic rings. The van der Waals surface area contributed by atoms with Crippen LogP contribution < -0.4 is 5.32 Å². The van der Waals surface area contributed by atoms with Crippen molar-refractivity contribution < 1.29 is 9.21 Å². The van der Waals surface area contributed by atoms with Crippen LogP contribution in [0.1, 0.15) is 33.8 Å². The lowest BCUT2D eigenvalue weighted by Crippen LogP contribution is -2.11. The van der Waals surface area contributed by atoms with Crippen LogP contribution in [-0.2, 0) is 17.9 Å². The fourth-order valence-electron chi connectivity index (χ4n) is 2.38. The van der Waals surface area contributed by atoms with Crippen LogP contribution in [0.5, 0.6) is 0 Å². The van der Waals surface area contributed by atoms with Gasteiger partial charge in [0, 0.05) is 23.2 Å². The van der Waals surface area contributed by atoms with Gasteiger partial charge in [0.05, 0.1) is 6.54 Å². The van der Waals surface area contributed by atoms with Crippen LogP contribution >= 0.6 is 0 Å². The van der Waals surface area contributed by atoms with Gasteiger partial charge in [-0.15, -0.1) is 0 Å². The number of carbonyl (C=O) groups excluding carboxylic acids is 1. The molecule has 0 bridgehead atoms. The second-order valence-corrected chi connectivity index (χ2v) is 5.74. The first-order chi connectivity index (χ1) is 12.2. The molecule has 0 fully saturated rings. The molecule has 1 N–H and O–H groups in total. The SMILES string of the molecule is Cc1ccc(CNCc2ccc(C#Cc3ccc([C]=O)cc3)cc2)o1. The fourth-order valence-corrected chi connectivity index (χ4v) is 2.38. The zero-order chi connectivity index (χ0) is 17.5. The standard InChI is InChI=1S/C22H18NO2/c1-17-2-13-22(25-17)15-23-14-20-9-5-18(6-10-20)3-4-19-7-11-21(16-24)12-8-19/h2,5-13,23H,14-15H2,1H3. The van der Waals surface area contributed by atoms with Crippen LogP contribution in [0.15, 0.2) is 65.1 Å². The van der Waals surface area contributed by atoms with E-state index < -0.39 is 0 Å². The molecule has 0 spiro atoms. The molecule has 1 aromatic heterocycles. The minimum atomic E-state index is 0.534. The zero-order valence-corrected chi connectivity index (χ0v) is 14.0. The van der Waals surface area contributed by atoms with E-state index in [1.165, 1.54) is 5.56 Å². The summed E-state index contributed by atoms with van der Waals surface area (Å²) in [5.74, 6) is 8.09. The number of nitrogens with one attached hydrogen (secondary N) is 1. The minimum absolute atomic E-state index is 0.534. The van der Waals surface area contributed by atoms with Crippen LogP contribution in [-0.4, -0.2) is 6.29 Å². The minimum Gasteiger partial charge on any atom is -0.465 e. The third kappa shape index (κ3) is 4.94. The second kappa shape index (κ2) is 8.14. The highest BCUT2D eigenvalue weighted by Gasteiger charge is 1.98. The highest BCUT2D eigenvalue weighted by Crippen LogP contribution is 2.07. The van der Waals surface area contributed by atoms with Gasteiger partial charge >= 0.3 is 0 Å². The van der Waals surface area contributed by atoms with E-state index in [1.807, 2.05) is 49.6 Å². The van der Waals surface area contributed by atoms with Crippen LogP contribution in [0, 0.1) is 18.8 Å². The van der Waals surface area contributed by atoms with E-state index >= 15 is 0 Å². The van der Waals surface area contributed by atoms with E-state index in [9.17, 15) is 4.79 Å². The lowest BCUT2D eigenvalue weighted by molar-refractivity contribution is 0.461. The second-order valence-electron chi connectivity index (χ2n) is 5.74. The first kappa shape index (κ1) is 16.8. The maximum Gasteiger partial charge on any atom is 0.233 e. The van der Waals surface area contributed by atoms with Crippen molar-refractivity contribution in [2.45, 2.75) is 20.0 Å². The first-order valence-corrected chi connectivity index (χ1v) is 8.08. The Balaban J connectivity index is 1.54. The third-order valence-electron chi connectivity index (χ3n) is 3.73. The average molecular weight is 328 g/mol. The summed E-state index contributed by atoms with van der Waals surface area (Å²) in [6.07, 6.45) is 1.85. The molecule has 25 heavy (non-hydrogen) atoms. The molecule has 123 valence electrons. The number of benzene rings is 2. The molecule has 0 saturated carbocycles. The smallest absolute Gasteiger partial charge is 0.233 e. The zero-order valence-electron chi connectivity index (χ0n) is 14.0. The highest BCUT2D eigenvalue weighted by molar-refractivity contribution is 5.75. The molecule has 2 aromatic carbocycles. The topological polar surface area (TPSA) is 42.2 Å². The quantitative estimate of drug-likeness (QED) is 0.726. The van der Waals surface area contributed by atoms with Crippen molar-refractivity contribution in [1.82, 2.24) is 5.32 Å². The van der Waals surface area contributed by atoms with Crippen molar-refractivity contribution in [3.05, 3.63) is 94.4 Å². The molecule has 1 heterocycles. The highest BCUT2D eigenvalue weighted by atomic mass is 16.3. The predicted octanol–water partition coefficient (Wildman–Crippen LogP) is 3.74. The lowest BCUT2D eigenvalue weighted by atomic mass is 10.1. The van der Waals surface area contributed by atoms with Gasteiger partial charge in [0.1, 0.15) is 11.5 Å². The van der Waals surface area contributed by atoms with E-state index in [4.69, 9.17) is 4.42 Å². The number of rotatable bonds is 5. The Kier molecular flexibility index (Phi) is 5.46. The van der Waals surface area contributed by atoms with Crippen molar-refractivity contribution in [2.24, 2.45) is 0 Å². The Morgan fingerprint density at radius 1 is 0.800 bits per heavy atom. The van der Waals surface area contributed by atoms with Crippen LogP contribution in [0.4, 0.5) is 0 Å². The van der Waals surface area contributed by atoms with E-state index in [2.05, 4.69) is 29.3 Å². The Morgan fingerprint density at radius 3 is 1.96 bits per heavy atom. The average Bonchev–Trinajstić information content (AvgIpc) is 3.07. The van der Waals surface area contributed by atoms with E-state index in [0.717, 1.165) is 29.2 Å². The largest absolute Gasteiger partial charge is 0.465 e. The van der Waals surface area contributed by atoms with E-state index in [0.29, 0.717) is 12.1 Å². The molecule has 3 heteroatoms. The molecule has 0 amide bonds. The molecule has 0 aliphatic carbocycles. The summed E-state index contributed by atoms with van der Waals surface area (Å²) in [7, 11) is 0. The van der Waals surface area contributed by atoms with Crippen molar-refractivity contribution in [3.63, 3.8) is 0 Å². The van der Waals surface area contributed by atoms with Gasteiger partial charge in [-0.2, -0.15) is 0 Å². The summed E-state index contributed by atoms with van der Waals surface area (Å²) >= 11 is 0. The molecular weight excluding hydrogens is 310 g/mol. The van der Waals surface area contributed by atoms with Crippen LogP contribution in [0.3, 0.4) is 0 Å². The van der Waals surface area contributed by atoms with E-state index in [-0.39, 0.29) is 0 Å². The number of furan rings is 1. The van der Waals surface area contributed by atoms with Gasteiger partial charge in [0.15, 0.2) is 0 Å². The summed E-state index contributed by atoms with van der Waals surface area (Å²) in [5.41, 5.74) is 3.56. The normalized spacial score (nSPS) is 10.1. The van der Waals surface area contributed by atoms with Gasteiger partial charge in [0.25, 0.3) is 0 Å². The van der Waals surface area contributed by atoms with Crippen molar-refractivity contribution in [1.29, 1.82) is 0 Å². The summed E-state index contributed by atoms with van der Waals surface area (Å²) in [6, 6.07) is 19.2. The van der Waals surface area contributed by atoms with Crippen molar-refractivity contribution in [3.8, 4) is 11.8 Å². The van der Waals surface area contributed by atoms with Gasteiger partial charge < -0.3 is 9.73 Å². The lowest BCUT2D eigenvalue weighted by Gasteiger charge is -2.03. The maximum absolute atomic E-state index is 10.5. The third-order valence-corrected chi connectivity index (χ3v) is 3.73. The van der Waals surface area contributed by atoms with Gasteiger partial charge in [0.2, 0.25) is 6.29 Å². The Bertz CT molecular complexity index is 894. The predicted molar refractivity (Wildman–Crippen MR) is 97.6 cm³/mol. The molecule has 0 atom stereocenters. The summed E-state index contributed by atoms with van der Waals surface area (Å²) in [5, 5.41) is 3.36. The number of aryl methyl sites for hydroxylation is 1. The molecule has 3 nitrogen and oxygen atoms in total. The van der Waals surface area contributed by atoms with Gasteiger partial charge in [-0.3, -0.25) is 4.79 Å². The summed E-state index contributed by atoms with van der Waals surface area (Å²) < 4.78 is 5.53. The van der Waals surface area contributed by atoms with Crippen LogP contribution in [0.25, 0.3) is 0 Å². The molecule has 0 saturated heterocycles. The summed E-state index contributed by atoms with van der Waals surface area (Å²) in [6.45, 7) is 3.43. The Morgan fingerprint density at radius 2 is 1.40 bits per heavy atom. The Hall–Kier alpha value is -3.09. The number of hydrogen-bond donors (Lipinski definition) is 1. The Labute approximate surface area is 147 Å². The van der Waals surface area contributed by atoms with Gasteiger partial charge in [-0.05, 0) is 61.0 Å².